The van der Waals surface area contributed by atoms with Crippen LogP contribution in [0.5, 0.6) is 0 Å². The fourth-order valence-electron chi connectivity index (χ4n) is 3.56. The minimum atomic E-state index is 0.355. The van der Waals surface area contributed by atoms with Gasteiger partial charge in [0.2, 0.25) is 0 Å². The van der Waals surface area contributed by atoms with Gasteiger partial charge in [0.05, 0.1) is 6.04 Å². The molecule has 0 saturated heterocycles. The Balaban J connectivity index is 2.01. The first kappa shape index (κ1) is 10.9. The van der Waals surface area contributed by atoms with Gasteiger partial charge in [0, 0.05) is 11.3 Å². The van der Waals surface area contributed by atoms with E-state index in [2.05, 4.69) is 62.5 Å². The number of fused-ring (bicyclic) bond motifs is 5. The molecule has 2 aromatic carbocycles. The zero-order valence-corrected chi connectivity index (χ0v) is 11.5. The van der Waals surface area contributed by atoms with Gasteiger partial charge in [-0.05, 0) is 60.7 Å². The molecule has 1 N–H and O–H groups in total. The van der Waals surface area contributed by atoms with Crippen molar-refractivity contribution in [1.82, 2.24) is 0 Å². The van der Waals surface area contributed by atoms with Crippen LogP contribution in [0.15, 0.2) is 36.4 Å². The Bertz CT molecular complexity index is 737. The molecule has 0 bridgehead atoms. The summed E-state index contributed by atoms with van der Waals surface area (Å²) < 4.78 is 0. The van der Waals surface area contributed by atoms with Gasteiger partial charge in [0.25, 0.3) is 0 Å². The molecule has 1 heterocycles. The Morgan fingerprint density at radius 1 is 0.947 bits per heavy atom. The van der Waals surface area contributed by atoms with E-state index in [1.165, 1.54) is 44.7 Å². The van der Waals surface area contributed by atoms with Crippen molar-refractivity contribution in [2.75, 3.05) is 5.32 Å². The Hall–Kier alpha value is -2.02. The predicted molar refractivity (Wildman–Crippen MR) is 81.2 cm³/mol. The molecule has 2 aliphatic rings. The van der Waals surface area contributed by atoms with Gasteiger partial charge < -0.3 is 5.32 Å². The first-order chi connectivity index (χ1) is 9.16. The van der Waals surface area contributed by atoms with Crippen molar-refractivity contribution < 1.29 is 0 Å². The molecule has 0 radical (unpaired) electrons. The topological polar surface area (TPSA) is 12.0 Å². The largest absolute Gasteiger partial charge is 0.374 e. The standard InChI is InChI=1S/C18H17N/c1-10-7-8-15-14(9-10)17-12(3)13-6-4-5-11(2)16(13)18(17)19-15/h4-9,18-19H,1-3H3. The van der Waals surface area contributed by atoms with Crippen molar-refractivity contribution in [3.05, 3.63) is 64.2 Å². The second kappa shape index (κ2) is 3.51. The average Bonchev–Trinajstić information content (AvgIpc) is 2.87. The fourth-order valence-corrected chi connectivity index (χ4v) is 3.56. The van der Waals surface area contributed by atoms with Crippen LogP contribution in [0, 0.1) is 13.8 Å². The molecular formula is C18H17N. The lowest BCUT2D eigenvalue weighted by atomic mass is 9.98. The van der Waals surface area contributed by atoms with Gasteiger partial charge in [-0.2, -0.15) is 0 Å². The minimum Gasteiger partial charge on any atom is -0.374 e. The summed E-state index contributed by atoms with van der Waals surface area (Å²) in [7, 11) is 0. The third-order valence-electron chi connectivity index (χ3n) is 4.47. The summed E-state index contributed by atoms with van der Waals surface area (Å²) in [5, 5.41) is 3.69. The maximum Gasteiger partial charge on any atom is 0.0785 e. The van der Waals surface area contributed by atoms with Crippen molar-refractivity contribution in [2.24, 2.45) is 0 Å². The van der Waals surface area contributed by atoms with Gasteiger partial charge in [0.1, 0.15) is 0 Å². The van der Waals surface area contributed by atoms with E-state index in [0.717, 1.165) is 0 Å². The molecule has 4 rings (SSSR count). The SMILES string of the molecule is CC1=C2c3cc(C)ccc3NC2c2c(C)cccc21. The van der Waals surface area contributed by atoms with E-state index in [9.17, 15) is 0 Å². The van der Waals surface area contributed by atoms with Gasteiger partial charge in [-0.25, -0.2) is 0 Å². The van der Waals surface area contributed by atoms with Crippen LogP contribution in [0.25, 0.3) is 11.1 Å². The molecule has 94 valence electrons. The Morgan fingerprint density at radius 2 is 1.79 bits per heavy atom. The fraction of sp³-hybridized carbons (Fsp3) is 0.222. The minimum absolute atomic E-state index is 0.355. The Morgan fingerprint density at radius 3 is 2.63 bits per heavy atom. The van der Waals surface area contributed by atoms with E-state index in [0.29, 0.717) is 6.04 Å². The highest BCUT2D eigenvalue weighted by Gasteiger charge is 2.36. The molecule has 0 spiro atoms. The van der Waals surface area contributed by atoms with Crippen LogP contribution in [0.4, 0.5) is 5.69 Å². The van der Waals surface area contributed by atoms with Crippen molar-refractivity contribution in [3.8, 4) is 0 Å². The predicted octanol–water partition coefficient (Wildman–Crippen LogP) is 4.71. The third kappa shape index (κ3) is 1.30. The van der Waals surface area contributed by atoms with E-state index < -0.39 is 0 Å². The first-order valence-corrected chi connectivity index (χ1v) is 6.85. The molecule has 1 aliphatic heterocycles. The second-order valence-corrected chi connectivity index (χ2v) is 5.70. The number of hydrogen-bond acceptors (Lipinski definition) is 1. The summed E-state index contributed by atoms with van der Waals surface area (Å²) in [6.07, 6.45) is 0. The van der Waals surface area contributed by atoms with Crippen molar-refractivity contribution in [2.45, 2.75) is 26.8 Å². The number of aryl methyl sites for hydroxylation is 2. The van der Waals surface area contributed by atoms with E-state index in [1.807, 2.05) is 0 Å². The monoisotopic (exact) mass is 247 g/mol. The number of hydrogen-bond donors (Lipinski definition) is 1. The van der Waals surface area contributed by atoms with Gasteiger partial charge >= 0.3 is 0 Å². The molecular weight excluding hydrogens is 230 g/mol. The number of rotatable bonds is 0. The van der Waals surface area contributed by atoms with Crippen LogP contribution in [-0.2, 0) is 0 Å². The molecule has 0 amide bonds. The highest BCUT2D eigenvalue weighted by atomic mass is 15.0. The van der Waals surface area contributed by atoms with Gasteiger partial charge in [-0.3, -0.25) is 0 Å². The van der Waals surface area contributed by atoms with Crippen LogP contribution < -0.4 is 5.32 Å². The normalized spacial score (nSPS) is 19.0. The van der Waals surface area contributed by atoms with E-state index in [4.69, 9.17) is 0 Å². The maximum atomic E-state index is 3.69. The Labute approximate surface area is 114 Å². The highest BCUT2D eigenvalue weighted by Crippen LogP contribution is 2.53. The lowest BCUT2D eigenvalue weighted by Crippen LogP contribution is -2.04. The lowest BCUT2D eigenvalue weighted by Gasteiger charge is -2.13. The van der Waals surface area contributed by atoms with Crippen molar-refractivity contribution in [3.63, 3.8) is 0 Å². The second-order valence-electron chi connectivity index (χ2n) is 5.70. The van der Waals surface area contributed by atoms with Gasteiger partial charge in [-0.1, -0.05) is 29.8 Å². The molecule has 1 unspecified atom stereocenters. The zero-order chi connectivity index (χ0) is 13.1. The molecule has 19 heavy (non-hydrogen) atoms. The number of benzene rings is 2. The van der Waals surface area contributed by atoms with Gasteiger partial charge in [0.15, 0.2) is 0 Å². The smallest absolute Gasteiger partial charge is 0.0785 e. The molecule has 1 heteroatoms. The van der Waals surface area contributed by atoms with Crippen LogP contribution in [0.3, 0.4) is 0 Å². The molecule has 0 saturated carbocycles. The average molecular weight is 247 g/mol. The number of anilines is 1. The van der Waals surface area contributed by atoms with Gasteiger partial charge in [-0.15, -0.1) is 0 Å². The van der Waals surface area contributed by atoms with E-state index >= 15 is 0 Å². The van der Waals surface area contributed by atoms with Crippen LogP contribution in [0.1, 0.15) is 40.8 Å². The summed E-state index contributed by atoms with van der Waals surface area (Å²) in [6.45, 7) is 6.63. The van der Waals surface area contributed by atoms with Crippen LogP contribution >= 0.6 is 0 Å². The zero-order valence-electron chi connectivity index (χ0n) is 11.5. The highest BCUT2D eigenvalue weighted by molar-refractivity contribution is 6.05. The van der Waals surface area contributed by atoms with E-state index in [1.54, 1.807) is 0 Å². The molecule has 1 atom stereocenters. The van der Waals surface area contributed by atoms with Crippen molar-refractivity contribution in [1.29, 1.82) is 0 Å². The lowest BCUT2D eigenvalue weighted by molar-refractivity contribution is 1.04. The number of allylic oxidation sites excluding steroid dienone is 1. The van der Waals surface area contributed by atoms with Crippen LogP contribution in [-0.4, -0.2) is 0 Å². The molecule has 0 fully saturated rings. The summed E-state index contributed by atoms with van der Waals surface area (Å²) in [5.41, 5.74) is 11.2. The summed E-state index contributed by atoms with van der Waals surface area (Å²) >= 11 is 0. The quantitative estimate of drug-likeness (QED) is 0.710. The Kier molecular flexibility index (Phi) is 2.00. The summed E-state index contributed by atoms with van der Waals surface area (Å²) in [4.78, 5) is 0. The molecule has 1 aliphatic carbocycles. The summed E-state index contributed by atoms with van der Waals surface area (Å²) in [5.74, 6) is 0. The maximum absolute atomic E-state index is 3.69. The third-order valence-corrected chi connectivity index (χ3v) is 4.47. The van der Waals surface area contributed by atoms with Crippen LogP contribution in [0.2, 0.25) is 0 Å². The first-order valence-electron chi connectivity index (χ1n) is 6.85. The van der Waals surface area contributed by atoms with E-state index in [-0.39, 0.29) is 0 Å². The molecule has 2 aromatic rings. The summed E-state index contributed by atoms with van der Waals surface area (Å²) in [6, 6.07) is 13.7. The molecule has 1 nitrogen and oxygen atoms in total. The van der Waals surface area contributed by atoms with Crippen molar-refractivity contribution >= 4 is 16.8 Å². The number of nitrogens with one attached hydrogen (secondary N) is 1. The molecule has 0 aromatic heterocycles.